The summed E-state index contributed by atoms with van der Waals surface area (Å²) in [6.45, 7) is 3.20. The van der Waals surface area contributed by atoms with E-state index in [9.17, 15) is 0 Å². The molecule has 2 aromatic rings. The van der Waals surface area contributed by atoms with Crippen LogP contribution in [0.1, 0.15) is 17.1 Å². The Morgan fingerprint density at radius 1 is 1.53 bits per heavy atom. The average molecular weight is 206 g/mol. The lowest BCUT2D eigenvalue weighted by Gasteiger charge is -2.03. The summed E-state index contributed by atoms with van der Waals surface area (Å²) in [6, 6.07) is 1.92. The van der Waals surface area contributed by atoms with E-state index < -0.39 is 0 Å². The first-order valence-corrected chi connectivity index (χ1v) is 4.91. The van der Waals surface area contributed by atoms with Gasteiger partial charge in [-0.25, -0.2) is 4.98 Å². The van der Waals surface area contributed by atoms with E-state index in [1.54, 1.807) is 6.33 Å². The van der Waals surface area contributed by atoms with Crippen molar-refractivity contribution < 1.29 is 4.52 Å². The second-order valence-corrected chi connectivity index (χ2v) is 3.48. The molecule has 5 nitrogen and oxygen atoms in total. The van der Waals surface area contributed by atoms with Crippen LogP contribution in [0.2, 0.25) is 0 Å². The molecule has 0 saturated heterocycles. The van der Waals surface area contributed by atoms with Gasteiger partial charge in [0.25, 0.3) is 0 Å². The van der Waals surface area contributed by atoms with Gasteiger partial charge in [0, 0.05) is 24.4 Å². The zero-order chi connectivity index (χ0) is 10.7. The molecule has 0 fully saturated rings. The minimum absolute atomic E-state index is 0.629. The third-order valence-electron chi connectivity index (χ3n) is 2.21. The molecule has 0 aliphatic carbocycles. The van der Waals surface area contributed by atoms with Gasteiger partial charge in [0.15, 0.2) is 0 Å². The van der Waals surface area contributed by atoms with Crippen LogP contribution in [0.4, 0.5) is 0 Å². The molecule has 15 heavy (non-hydrogen) atoms. The monoisotopic (exact) mass is 206 g/mol. The van der Waals surface area contributed by atoms with Crippen LogP contribution >= 0.6 is 0 Å². The summed E-state index contributed by atoms with van der Waals surface area (Å²) in [6.07, 6.45) is 4.45. The van der Waals surface area contributed by atoms with Crippen LogP contribution in [-0.2, 0) is 13.0 Å². The van der Waals surface area contributed by atoms with E-state index in [2.05, 4.69) is 10.1 Å². The van der Waals surface area contributed by atoms with Crippen LogP contribution in [0.5, 0.6) is 0 Å². The smallest absolute Gasteiger partial charge is 0.133 e. The number of nitrogens with zero attached hydrogens (tertiary/aromatic N) is 3. The number of aromatic nitrogens is 3. The molecular weight excluding hydrogens is 192 g/mol. The topological polar surface area (TPSA) is 69.9 Å². The molecule has 0 spiro atoms. The van der Waals surface area contributed by atoms with Gasteiger partial charge in [0.2, 0.25) is 0 Å². The first-order valence-electron chi connectivity index (χ1n) is 4.91. The normalized spacial score (nSPS) is 10.8. The number of rotatable bonds is 4. The van der Waals surface area contributed by atoms with Crippen molar-refractivity contribution >= 4 is 0 Å². The van der Waals surface area contributed by atoms with Crippen LogP contribution in [0, 0.1) is 6.92 Å². The van der Waals surface area contributed by atoms with Crippen molar-refractivity contribution in [1.82, 2.24) is 14.7 Å². The molecule has 0 unspecified atom stereocenters. The van der Waals surface area contributed by atoms with Gasteiger partial charge >= 0.3 is 0 Å². The van der Waals surface area contributed by atoms with Crippen LogP contribution < -0.4 is 5.73 Å². The minimum Gasteiger partial charge on any atom is -0.361 e. The second kappa shape index (κ2) is 4.27. The van der Waals surface area contributed by atoms with Crippen LogP contribution in [0.25, 0.3) is 0 Å². The Balaban J connectivity index is 2.13. The molecule has 0 bridgehead atoms. The van der Waals surface area contributed by atoms with Crippen molar-refractivity contribution in [2.75, 3.05) is 6.54 Å². The van der Waals surface area contributed by atoms with Gasteiger partial charge in [-0.15, -0.1) is 0 Å². The molecule has 2 rings (SSSR count). The Kier molecular flexibility index (Phi) is 2.82. The maximum atomic E-state index is 5.51. The molecular formula is C10H14N4O. The third-order valence-corrected chi connectivity index (χ3v) is 2.21. The highest BCUT2D eigenvalue weighted by molar-refractivity contribution is 5.07. The van der Waals surface area contributed by atoms with Gasteiger partial charge in [0.1, 0.15) is 11.5 Å². The first kappa shape index (κ1) is 9.92. The Morgan fingerprint density at radius 2 is 2.40 bits per heavy atom. The molecule has 0 atom stereocenters. The maximum absolute atomic E-state index is 5.51. The van der Waals surface area contributed by atoms with Crippen LogP contribution in [-0.4, -0.2) is 21.3 Å². The van der Waals surface area contributed by atoms with E-state index in [4.69, 9.17) is 10.3 Å². The van der Waals surface area contributed by atoms with Gasteiger partial charge < -0.3 is 14.8 Å². The number of imidazole rings is 1. The molecule has 2 N–H and O–H groups in total. The fourth-order valence-electron chi connectivity index (χ4n) is 1.51. The minimum atomic E-state index is 0.629. The number of nitrogens with two attached hydrogens (primary N) is 1. The van der Waals surface area contributed by atoms with E-state index >= 15 is 0 Å². The van der Waals surface area contributed by atoms with Crippen molar-refractivity contribution in [3.05, 3.63) is 35.7 Å². The average Bonchev–Trinajstić information content (AvgIpc) is 2.78. The molecule has 0 aliphatic heterocycles. The Morgan fingerprint density at radius 3 is 3.07 bits per heavy atom. The summed E-state index contributed by atoms with van der Waals surface area (Å²) in [4.78, 5) is 4.09. The summed E-state index contributed by atoms with van der Waals surface area (Å²) in [5.41, 5.74) is 7.54. The number of hydrogen-bond acceptors (Lipinski definition) is 4. The first-order chi connectivity index (χ1) is 7.29. The lowest BCUT2D eigenvalue weighted by Crippen LogP contribution is -2.09. The Labute approximate surface area is 87.9 Å². The lowest BCUT2D eigenvalue weighted by atomic mass is 10.3. The highest BCUT2D eigenvalue weighted by Crippen LogP contribution is 2.07. The zero-order valence-corrected chi connectivity index (χ0v) is 8.68. The summed E-state index contributed by atoms with van der Waals surface area (Å²) in [7, 11) is 0. The van der Waals surface area contributed by atoms with E-state index in [0.29, 0.717) is 13.1 Å². The Hall–Kier alpha value is -1.62. The van der Waals surface area contributed by atoms with E-state index in [1.807, 2.05) is 23.8 Å². The second-order valence-electron chi connectivity index (χ2n) is 3.48. The molecule has 5 heteroatoms. The number of aryl methyl sites for hydroxylation is 1. The fraction of sp³-hybridized carbons (Fsp3) is 0.400. The van der Waals surface area contributed by atoms with E-state index in [1.165, 1.54) is 0 Å². The molecule has 0 aliphatic rings. The highest BCUT2D eigenvalue weighted by atomic mass is 16.5. The molecule has 80 valence electrons. The summed E-state index contributed by atoms with van der Waals surface area (Å²) < 4.78 is 7.04. The van der Waals surface area contributed by atoms with Gasteiger partial charge in [-0.05, 0) is 13.5 Å². The predicted molar refractivity (Wildman–Crippen MR) is 55.3 cm³/mol. The van der Waals surface area contributed by atoms with Gasteiger partial charge in [0.05, 0.1) is 12.9 Å². The zero-order valence-electron chi connectivity index (χ0n) is 8.68. The SMILES string of the molecule is Cc1cc(Cn2cncc2CCN)no1. The lowest BCUT2D eigenvalue weighted by molar-refractivity contribution is 0.388. The van der Waals surface area contributed by atoms with Crippen molar-refractivity contribution in [1.29, 1.82) is 0 Å². The molecule has 0 saturated carbocycles. The summed E-state index contributed by atoms with van der Waals surface area (Å²) >= 11 is 0. The predicted octanol–water partition coefficient (Wildman–Crippen LogP) is 0.729. The van der Waals surface area contributed by atoms with Gasteiger partial charge in [-0.1, -0.05) is 5.16 Å². The van der Waals surface area contributed by atoms with E-state index in [-0.39, 0.29) is 0 Å². The molecule has 0 aromatic carbocycles. The standard InChI is InChI=1S/C10H14N4O/c1-8-4-9(13-15-8)6-14-7-12-5-10(14)2-3-11/h4-5,7H,2-3,6,11H2,1H3. The van der Waals surface area contributed by atoms with Gasteiger partial charge in [-0.2, -0.15) is 0 Å². The molecule has 2 heterocycles. The van der Waals surface area contributed by atoms with Crippen molar-refractivity contribution in [2.45, 2.75) is 19.9 Å². The highest BCUT2D eigenvalue weighted by Gasteiger charge is 2.05. The van der Waals surface area contributed by atoms with Crippen molar-refractivity contribution in [3.8, 4) is 0 Å². The summed E-state index contributed by atoms with van der Waals surface area (Å²) in [5, 5.41) is 3.94. The van der Waals surface area contributed by atoms with Gasteiger partial charge in [-0.3, -0.25) is 0 Å². The third kappa shape index (κ3) is 2.24. The molecule has 2 aromatic heterocycles. The van der Waals surface area contributed by atoms with Crippen LogP contribution in [0.3, 0.4) is 0 Å². The summed E-state index contributed by atoms with van der Waals surface area (Å²) in [5.74, 6) is 0.825. The van der Waals surface area contributed by atoms with Crippen molar-refractivity contribution in [2.24, 2.45) is 5.73 Å². The van der Waals surface area contributed by atoms with Crippen molar-refractivity contribution in [3.63, 3.8) is 0 Å². The quantitative estimate of drug-likeness (QED) is 0.800. The largest absolute Gasteiger partial charge is 0.361 e. The molecule has 0 radical (unpaired) electrons. The van der Waals surface area contributed by atoms with E-state index in [0.717, 1.165) is 23.6 Å². The fourth-order valence-corrected chi connectivity index (χ4v) is 1.51. The molecule has 0 amide bonds. The number of hydrogen-bond donors (Lipinski definition) is 1. The maximum Gasteiger partial charge on any atom is 0.133 e. The Bertz CT molecular complexity index is 432. The van der Waals surface area contributed by atoms with Crippen LogP contribution in [0.15, 0.2) is 23.1 Å².